The number of fused-ring (bicyclic) bond motifs is 2. The lowest BCUT2D eigenvalue weighted by atomic mass is 10.2. The van der Waals surface area contributed by atoms with Crippen molar-refractivity contribution in [1.82, 2.24) is 9.66 Å². The minimum atomic E-state index is -0.328. The molecule has 34 heavy (non-hydrogen) atoms. The summed E-state index contributed by atoms with van der Waals surface area (Å²) in [6.45, 7) is 0. The van der Waals surface area contributed by atoms with Crippen molar-refractivity contribution in [2.45, 2.75) is 0 Å². The molecule has 0 N–H and O–H groups in total. The second-order valence-electron chi connectivity index (χ2n) is 7.38. The third-order valence-corrected chi connectivity index (χ3v) is 5.46. The number of hydrogen-bond acceptors (Lipinski definition) is 7. The van der Waals surface area contributed by atoms with Gasteiger partial charge in [0.1, 0.15) is 11.3 Å². The first-order valence-electron chi connectivity index (χ1n) is 10.5. The molecule has 5 rings (SSSR count). The maximum Gasteiger partial charge on any atom is 0.282 e. The molecule has 0 aliphatic carbocycles. The van der Waals surface area contributed by atoms with E-state index in [1.807, 2.05) is 36.4 Å². The highest BCUT2D eigenvalue weighted by Crippen LogP contribution is 2.33. The van der Waals surface area contributed by atoms with Gasteiger partial charge in [-0.2, -0.15) is 9.78 Å². The van der Waals surface area contributed by atoms with Crippen LogP contribution in [0.2, 0.25) is 0 Å². The average Bonchev–Trinajstić information content (AvgIpc) is 3.32. The Morgan fingerprint density at radius 1 is 0.882 bits per heavy atom. The number of nitrogens with zero attached hydrogens (tertiary/aromatic N) is 3. The molecule has 0 aliphatic rings. The Labute approximate surface area is 194 Å². The molecule has 0 saturated carbocycles. The van der Waals surface area contributed by atoms with Crippen molar-refractivity contribution in [2.75, 3.05) is 21.3 Å². The molecule has 5 aromatic rings. The fraction of sp³-hybridized carbons (Fsp3) is 0.115. The van der Waals surface area contributed by atoms with Crippen LogP contribution in [0.1, 0.15) is 5.56 Å². The second-order valence-corrected chi connectivity index (χ2v) is 7.38. The van der Waals surface area contributed by atoms with Gasteiger partial charge in [-0.15, -0.1) is 0 Å². The maximum atomic E-state index is 13.4. The van der Waals surface area contributed by atoms with Crippen LogP contribution in [-0.2, 0) is 0 Å². The number of ether oxygens (including phenoxy) is 3. The van der Waals surface area contributed by atoms with Gasteiger partial charge in [0.15, 0.2) is 17.3 Å². The van der Waals surface area contributed by atoms with E-state index in [4.69, 9.17) is 23.6 Å². The Balaban J connectivity index is 1.74. The van der Waals surface area contributed by atoms with Crippen LogP contribution >= 0.6 is 0 Å². The number of hydrogen-bond donors (Lipinski definition) is 0. The predicted molar refractivity (Wildman–Crippen MR) is 130 cm³/mol. The molecule has 2 heterocycles. The van der Waals surface area contributed by atoms with Crippen molar-refractivity contribution in [3.8, 4) is 28.8 Å². The van der Waals surface area contributed by atoms with E-state index in [0.717, 1.165) is 5.39 Å². The van der Waals surface area contributed by atoms with Crippen molar-refractivity contribution in [2.24, 2.45) is 5.10 Å². The molecule has 0 amide bonds. The van der Waals surface area contributed by atoms with Crippen LogP contribution < -0.4 is 19.8 Å². The number of rotatable bonds is 6. The summed E-state index contributed by atoms with van der Waals surface area (Å²) in [5.41, 5.74) is 1.47. The highest BCUT2D eigenvalue weighted by molar-refractivity contribution is 5.89. The van der Waals surface area contributed by atoms with Crippen molar-refractivity contribution in [3.63, 3.8) is 0 Å². The van der Waals surface area contributed by atoms with Crippen molar-refractivity contribution in [1.29, 1.82) is 0 Å². The Hall–Kier alpha value is -4.59. The highest BCUT2D eigenvalue weighted by Gasteiger charge is 2.18. The Bertz CT molecular complexity index is 1600. The zero-order valence-electron chi connectivity index (χ0n) is 18.8. The number of furan rings is 1. The van der Waals surface area contributed by atoms with Crippen molar-refractivity contribution in [3.05, 3.63) is 82.6 Å². The Morgan fingerprint density at radius 2 is 1.65 bits per heavy atom. The van der Waals surface area contributed by atoms with Crippen LogP contribution in [-0.4, -0.2) is 37.2 Å². The van der Waals surface area contributed by atoms with Gasteiger partial charge in [-0.3, -0.25) is 4.79 Å². The smallest absolute Gasteiger partial charge is 0.282 e. The molecule has 0 fully saturated rings. The van der Waals surface area contributed by atoms with Crippen LogP contribution in [0.15, 0.2) is 81.0 Å². The van der Waals surface area contributed by atoms with E-state index in [0.29, 0.717) is 45.1 Å². The van der Waals surface area contributed by atoms with Crippen LogP contribution in [0.4, 0.5) is 0 Å². The van der Waals surface area contributed by atoms with Gasteiger partial charge in [0.2, 0.25) is 5.82 Å². The molecule has 0 unspecified atom stereocenters. The van der Waals surface area contributed by atoms with Gasteiger partial charge >= 0.3 is 0 Å². The molecule has 3 aromatic carbocycles. The summed E-state index contributed by atoms with van der Waals surface area (Å²) >= 11 is 0. The zero-order valence-corrected chi connectivity index (χ0v) is 18.8. The van der Waals surface area contributed by atoms with Crippen LogP contribution in [0.25, 0.3) is 33.5 Å². The first kappa shape index (κ1) is 21.3. The summed E-state index contributed by atoms with van der Waals surface area (Å²) < 4.78 is 23.6. The number of para-hydroxylation sites is 2. The van der Waals surface area contributed by atoms with Gasteiger partial charge < -0.3 is 18.6 Å². The Kier molecular flexibility index (Phi) is 5.47. The number of aromatic nitrogens is 2. The quantitative estimate of drug-likeness (QED) is 0.344. The minimum absolute atomic E-state index is 0.264. The summed E-state index contributed by atoms with van der Waals surface area (Å²) in [4.78, 5) is 18.2. The normalized spacial score (nSPS) is 11.4. The van der Waals surface area contributed by atoms with E-state index in [2.05, 4.69) is 5.10 Å². The van der Waals surface area contributed by atoms with E-state index >= 15 is 0 Å². The molecule has 0 radical (unpaired) electrons. The number of methoxy groups -OCH3 is 3. The molecule has 0 saturated heterocycles. The SMILES string of the molecule is COc1cccc(C=Nn2c(-c3cc4c(OC)cccc4o3)nc3ccccc3c2=O)c1OC. The van der Waals surface area contributed by atoms with Crippen LogP contribution in [0.5, 0.6) is 17.2 Å². The molecular formula is C26H21N3O5. The van der Waals surface area contributed by atoms with E-state index < -0.39 is 0 Å². The zero-order chi connectivity index (χ0) is 23.7. The predicted octanol–water partition coefficient (Wildman–Crippen LogP) is 4.72. The maximum absolute atomic E-state index is 13.4. The first-order chi connectivity index (χ1) is 16.6. The topological polar surface area (TPSA) is 88.1 Å². The summed E-state index contributed by atoms with van der Waals surface area (Å²) in [6, 6.07) is 19.8. The van der Waals surface area contributed by atoms with E-state index in [1.165, 1.54) is 10.9 Å². The molecule has 0 bridgehead atoms. The van der Waals surface area contributed by atoms with Crippen molar-refractivity contribution < 1.29 is 18.6 Å². The van der Waals surface area contributed by atoms with Gasteiger partial charge in [0.05, 0.1) is 43.8 Å². The first-order valence-corrected chi connectivity index (χ1v) is 10.5. The third-order valence-electron chi connectivity index (χ3n) is 5.46. The minimum Gasteiger partial charge on any atom is -0.496 e. The molecule has 0 aliphatic heterocycles. The lowest BCUT2D eigenvalue weighted by molar-refractivity contribution is 0.354. The molecule has 2 aromatic heterocycles. The fourth-order valence-electron chi connectivity index (χ4n) is 3.85. The number of benzene rings is 3. The van der Waals surface area contributed by atoms with Gasteiger partial charge in [-0.05, 0) is 42.5 Å². The van der Waals surface area contributed by atoms with Gasteiger partial charge in [-0.25, -0.2) is 4.98 Å². The van der Waals surface area contributed by atoms with Crippen LogP contribution in [0.3, 0.4) is 0 Å². The second kappa shape index (κ2) is 8.74. The van der Waals surface area contributed by atoms with Gasteiger partial charge in [0.25, 0.3) is 5.56 Å². The summed E-state index contributed by atoms with van der Waals surface area (Å²) in [5, 5.41) is 5.70. The standard InChI is InChI=1S/C26H21N3O5/c1-31-20-11-7-12-21-18(20)14-23(34-21)25-28-19-10-5-4-9-17(19)26(30)29(25)27-15-16-8-6-13-22(32-2)24(16)33-3/h4-15H,1-3H3. The summed E-state index contributed by atoms with van der Waals surface area (Å²) in [7, 11) is 4.70. The largest absolute Gasteiger partial charge is 0.496 e. The lowest BCUT2D eigenvalue weighted by Gasteiger charge is -2.10. The van der Waals surface area contributed by atoms with Gasteiger partial charge in [0, 0.05) is 5.56 Å². The molecule has 0 spiro atoms. The monoisotopic (exact) mass is 455 g/mol. The van der Waals surface area contributed by atoms with E-state index in [9.17, 15) is 4.79 Å². The summed E-state index contributed by atoms with van der Waals surface area (Å²) in [5.74, 6) is 2.37. The fourth-order valence-corrected chi connectivity index (χ4v) is 3.85. The lowest BCUT2D eigenvalue weighted by Crippen LogP contribution is -2.20. The Morgan fingerprint density at radius 3 is 2.44 bits per heavy atom. The molecule has 8 nitrogen and oxygen atoms in total. The third kappa shape index (κ3) is 3.55. The van der Waals surface area contributed by atoms with Gasteiger partial charge in [-0.1, -0.05) is 24.3 Å². The highest BCUT2D eigenvalue weighted by atomic mass is 16.5. The van der Waals surface area contributed by atoms with E-state index in [-0.39, 0.29) is 11.4 Å². The molecule has 170 valence electrons. The van der Waals surface area contributed by atoms with Crippen molar-refractivity contribution >= 4 is 28.1 Å². The molecular weight excluding hydrogens is 434 g/mol. The van der Waals surface area contributed by atoms with Crippen LogP contribution in [0, 0.1) is 0 Å². The van der Waals surface area contributed by atoms with E-state index in [1.54, 1.807) is 51.7 Å². The molecule has 0 atom stereocenters. The molecule has 8 heteroatoms. The average molecular weight is 455 g/mol. The summed E-state index contributed by atoms with van der Waals surface area (Å²) in [6.07, 6.45) is 1.53.